The van der Waals surface area contributed by atoms with Crippen molar-refractivity contribution in [2.45, 2.75) is 4.90 Å². The van der Waals surface area contributed by atoms with Crippen LogP contribution in [0.15, 0.2) is 41.3 Å². The second-order valence-electron chi connectivity index (χ2n) is 3.93. The number of benzene rings is 2. The van der Waals surface area contributed by atoms with Gasteiger partial charge in [0.15, 0.2) is 0 Å². The zero-order valence-corrected chi connectivity index (χ0v) is 12.3. The fourth-order valence-corrected chi connectivity index (χ4v) is 3.35. The van der Waals surface area contributed by atoms with Crippen LogP contribution in [0.2, 0.25) is 10.0 Å². The molecule has 5 nitrogen and oxygen atoms in total. The van der Waals surface area contributed by atoms with Crippen LogP contribution in [0.4, 0.5) is 11.4 Å². The van der Waals surface area contributed by atoms with E-state index >= 15 is 0 Å². The van der Waals surface area contributed by atoms with Gasteiger partial charge in [0, 0.05) is 6.07 Å². The molecule has 2 rings (SSSR count). The first-order chi connectivity index (χ1) is 9.31. The van der Waals surface area contributed by atoms with Crippen LogP contribution < -0.4 is 10.5 Å². The Bertz CT molecular complexity index is 763. The van der Waals surface area contributed by atoms with E-state index in [-0.39, 0.29) is 32.1 Å². The number of phenolic OH excluding ortho intramolecular Hbond substituents is 1. The first-order valence-corrected chi connectivity index (χ1v) is 7.60. The second-order valence-corrected chi connectivity index (χ2v) is 6.36. The molecule has 0 radical (unpaired) electrons. The van der Waals surface area contributed by atoms with E-state index in [4.69, 9.17) is 28.9 Å². The van der Waals surface area contributed by atoms with E-state index in [9.17, 15) is 13.5 Å². The predicted octanol–water partition coefficient (Wildman–Crippen LogP) is 3.08. The molecule has 20 heavy (non-hydrogen) atoms. The smallest absolute Gasteiger partial charge is 0.263 e. The summed E-state index contributed by atoms with van der Waals surface area (Å²) in [4.78, 5) is -0.190. The minimum atomic E-state index is -3.93. The van der Waals surface area contributed by atoms with Crippen molar-refractivity contribution >= 4 is 44.6 Å². The van der Waals surface area contributed by atoms with Crippen molar-refractivity contribution in [1.82, 2.24) is 0 Å². The van der Waals surface area contributed by atoms with E-state index in [1.807, 2.05) is 0 Å². The van der Waals surface area contributed by atoms with Crippen LogP contribution in [-0.2, 0) is 10.0 Å². The van der Waals surface area contributed by atoms with E-state index in [0.29, 0.717) is 0 Å². The predicted molar refractivity (Wildman–Crippen MR) is 79.8 cm³/mol. The molecule has 0 aliphatic carbocycles. The molecule has 2 aromatic carbocycles. The molecular formula is C12H10Cl2N2O3S. The summed E-state index contributed by atoms with van der Waals surface area (Å²) < 4.78 is 26.7. The quantitative estimate of drug-likeness (QED) is 0.753. The van der Waals surface area contributed by atoms with Crippen LogP contribution >= 0.6 is 23.2 Å². The number of hydrogen-bond acceptors (Lipinski definition) is 4. The van der Waals surface area contributed by atoms with Crippen molar-refractivity contribution in [1.29, 1.82) is 0 Å². The number of phenols is 1. The summed E-state index contributed by atoms with van der Waals surface area (Å²) in [5.74, 6) is -0.0630. The fourth-order valence-electron chi connectivity index (χ4n) is 1.54. The highest BCUT2D eigenvalue weighted by Crippen LogP contribution is 2.34. The van der Waals surface area contributed by atoms with Crippen molar-refractivity contribution in [3.63, 3.8) is 0 Å². The average molecular weight is 333 g/mol. The minimum Gasteiger partial charge on any atom is -0.508 e. The third-order valence-corrected chi connectivity index (χ3v) is 4.75. The van der Waals surface area contributed by atoms with Crippen molar-refractivity contribution in [2.75, 3.05) is 10.5 Å². The Hall–Kier alpha value is -1.63. The molecule has 0 saturated carbocycles. The van der Waals surface area contributed by atoms with Crippen molar-refractivity contribution in [3.8, 4) is 5.75 Å². The Morgan fingerprint density at radius 2 is 1.85 bits per heavy atom. The summed E-state index contributed by atoms with van der Waals surface area (Å²) in [6, 6.07) is 8.29. The highest BCUT2D eigenvalue weighted by Gasteiger charge is 2.21. The highest BCUT2D eigenvalue weighted by atomic mass is 35.5. The molecule has 0 unspecified atom stereocenters. The lowest BCUT2D eigenvalue weighted by atomic mass is 10.3. The van der Waals surface area contributed by atoms with E-state index in [0.717, 1.165) is 0 Å². The van der Waals surface area contributed by atoms with Gasteiger partial charge in [-0.3, -0.25) is 4.72 Å². The molecule has 0 saturated heterocycles. The van der Waals surface area contributed by atoms with Gasteiger partial charge in [-0.05, 0) is 24.3 Å². The molecule has 0 fully saturated rings. The van der Waals surface area contributed by atoms with Gasteiger partial charge in [0.25, 0.3) is 10.0 Å². The minimum absolute atomic E-state index is 0.00730. The van der Waals surface area contributed by atoms with Crippen molar-refractivity contribution < 1.29 is 13.5 Å². The third kappa shape index (κ3) is 2.92. The molecule has 8 heteroatoms. The first kappa shape index (κ1) is 14.8. The van der Waals surface area contributed by atoms with Gasteiger partial charge in [0.1, 0.15) is 10.6 Å². The number of nitrogens with one attached hydrogen (secondary N) is 1. The molecule has 0 spiro atoms. The fraction of sp³-hybridized carbons (Fsp3) is 0. The molecule has 0 heterocycles. The molecule has 0 amide bonds. The Morgan fingerprint density at radius 3 is 2.50 bits per heavy atom. The third-order valence-electron chi connectivity index (χ3n) is 2.48. The Balaban J connectivity index is 2.44. The lowest BCUT2D eigenvalue weighted by Crippen LogP contribution is -2.14. The zero-order chi connectivity index (χ0) is 14.9. The number of hydrogen-bond donors (Lipinski definition) is 3. The highest BCUT2D eigenvalue weighted by molar-refractivity contribution is 7.92. The number of nitrogen functional groups attached to an aromatic ring is 1. The summed E-state index contributed by atoms with van der Waals surface area (Å²) in [5, 5.41) is 9.34. The molecule has 2 aromatic rings. The average Bonchev–Trinajstić information content (AvgIpc) is 2.35. The molecule has 4 N–H and O–H groups in total. The molecule has 0 aliphatic rings. The summed E-state index contributed by atoms with van der Waals surface area (Å²) in [7, 11) is -3.93. The Morgan fingerprint density at radius 1 is 1.15 bits per heavy atom. The first-order valence-electron chi connectivity index (χ1n) is 5.36. The molecule has 0 atom stereocenters. The van der Waals surface area contributed by atoms with Crippen LogP contribution in [0.3, 0.4) is 0 Å². The number of anilines is 2. The zero-order valence-electron chi connectivity index (χ0n) is 9.97. The van der Waals surface area contributed by atoms with Crippen molar-refractivity contribution in [2.24, 2.45) is 0 Å². The van der Waals surface area contributed by atoms with Crippen molar-refractivity contribution in [3.05, 3.63) is 46.4 Å². The van der Waals surface area contributed by atoms with Gasteiger partial charge in [0.05, 0.1) is 21.4 Å². The topological polar surface area (TPSA) is 92.4 Å². The maximum Gasteiger partial charge on any atom is 0.263 e. The number of aromatic hydroxyl groups is 1. The summed E-state index contributed by atoms with van der Waals surface area (Å²) in [5.41, 5.74) is 5.80. The summed E-state index contributed by atoms with van der Waals surface area (Å²) >= 11 is 11.7. The Labute approximate surface area is 126 Å². The molecule has 106 valence electrons. The molecule has 0 bridgehead atoms. The van der Waals surface area contributed by atoms with E-state index in [2.05, 4.69) is 4.72 Å². The lowest BCUT2D eigenvalue weighted by Gasteiger charge is -2.11. The van der Waals surface area contributed by atoms with Gasteiger partial charge in [0.2, 0.25) is 0 Å². The van der Waals surface area contributed by atoms with Gasteiger partial charge in [-0.1, -0.05) is 29.3 Å². The van der Waals surface area contributed by atoms with E-state index in [1.54, 1.807) is 0 Å². The maximum absolute atomic E-state index is 12.2. The SMILES string of the molecule is Nc1c(Cl)ccc(S(=O)(=O)Nc2cccc(O)c2)c1Cl. The van der Waals surface area contributed by atoms with Gasteiger partial charge < -0.3 is 10.8 Å². The largest absolute Gasteiger partial charge is 0.508 e. The van der Waals surface area contributed by atoms with E-state index < -0.39 is 10.0 Å². The molecule has 0 aromatic heterocycles. The van der Waals surface area contributed by atoms with Gasteiger partial charge in [-0.2, -0.15) is 0 Å². The van der Waals surface area contributed by atoms with E-state index in [1.165, 1.54) is 36.4 Å². The number of nitrogens with two attached hydrogens (primary N) is 1. The van der Waals surface area contributed by atoms with Gasteiger partial charge >= 0.3 is 0 Å². The van der Waals surface area contributed by atoms with Crippen LogP contribution in [-0.4, -0.2) is 13.5 Å². The van der Waals surface area contributed by atoms with Crippen LogP contribution in [0.5, 0.6) is 5.75 Å². The standard InChI is InChI=1S/C12H10Cl2N2O3S/c13-9-4-5-10(11(14)12(9)15)20(18,19)16-7-2-1-3-8(17)6-7/h1-6,16-17H,15H2. The monoisotopic (exact) mass is 332 g/mol. The number of halogens is 2. The summed E-state index contributed by atoms with van der Waals surface area (Å²) in [6.45, 7) is 0. The lowest BCUT2D eigenvalue weighted by molar-refractivity contribution is 0.475. The normalized spacial score (nSPS) is 11.3. The summed E-state index contributed by atoms with van der Waals surface area (Å²) in [6.07, 6.45) is 0. The number of sulfonamides is 1. The number of rotatable bonds is 3. The Kier molecular flexibility index (Phi) is 3.99. The van der Waals surface area contributed by atoms with Gasteiger partial charge in [-0.25, -0.2) is 8.42 Å². The van der Waals surface area contributed by atoms with Crippen LogP contribution in [0.1, 0.15) is 0 Å². The maximum atomic E-state index is 12.2. The second kappa shape index (κ2) is 5.40. The van der Waals surface area contributed by atoms with Gasteiger partial charge in [-0.15, -0.1) is 0 Å². The van der Waals surface area contributed by atoms with Crippen LogP contribution in [0, 0.1) is 0 Å². The molecule has 0 aliphatic heterocycles. The molecular weight excluding hydrogens is 323 g/mol. The van der Waals surface area contributed by atoms with Crippen LogP contribution in [0.25, 0.3) is 0 Å².